The van der Waals surface area contributed by atoms with Gasteiger partial charge < -0.3 is 14.2 Å². The highest BCUT2D eigenvalue weighted by Crippen LogP contribution is 2.30. The number of benzene rings is 1. The number of esters is 2. The molecule has 3 rings (SSSR count). The molecule has 1 aromatic rings. The van der Waals surface area contributed by atoms with Crippen LogP contribution in [0, 0.1) is 5.92 Å². The molecule has 106 valence electrons. The minimum absolute atomic E-state index is 0.245. The number of fused-ring (bicyclic) bond motifs is 1. The van der Waals surface area contributed by atoms with Crippen LogP contribution in [0.5, 0.6) is 5.75 Å². The van der Waals surface area contributed by atoms with E-state index in [0.717, 1.165) is 11.3 Å². The van der Waals surface area contributed by atoms with E-state index < -0.39 is 24.0 Å². The zero-order chi connectivity index (χ0) is 14.1. The summed E-state index contributed by atoms with van der Waals surface area (Å²) in [6.45, 7) is 0.547. The van der Waals surface area contributed by atoms with E-state index in [1.807, 2.05) is 0 Å². The Hall–Kier alpha value is -1.75. The lowest BCUT2D eigenvalue weighted by atomic mass is 9.97. The van der Waals surface area contributed by atoms with Gasteiger partial charge in [0.15, 0.2) is 0 Å². The summed E-state index contributed by atoms with van der Waals surface area (Å²) >= 11 is 5.93. The van der Waals surface area contributed by atoms with E-state index in [1.165, 1.54) is 0 Å². The number of halogens is 1. The highest BCUT2D eigenvalue weighted by atomic mass is 35.5. The summed E-state index contributed by atoms with van der Waals surface area (Å²) < 4.78 is 15.5. The van der Waals surface area contributed by atoms with Crippen molar-refractivity contribution in [2.75, 3.05) is 13.2 Å². The van der Waals surface area contributed by atoms with Gasteiger partial charge in [0.25, 0.3) is 0 Å². The topological polar surface area (TPSA) is 61.8 Å². The van der Waals surface area contributed by atoms with Crippen LogP contribution in [0.2, 0.25) is 5.02 Å². The van der Waals surface area contributed by atoms with E-state index in [9.17, 15) is 9.59 Å². The number of carbonyl (C=O) groups excluding carboxylic acids is 2. The van der Waals surface area contributed by atoms with Gasteiger partial charge >= 0.3 is 11.9 Å². The SMILES string of the molecule is O=C(O[C@H]1CCOC1=O)[C@@H]1COc2ccc(Cl)cc2C1. The summed E-state index contributed by atoms with van der Waals surface area (Å²) in [5, 5.41) is 0.598. The molecule has 5 nitrogen and oxygen atoms in total. The minimum atomic E-state index is -0.775. The molecule has 0 amide bonds. The lowest BCUT2D eigenvalue weighted by Crippen LogP contribution is -2.33. The molecule has 0 radical (unpaired) electrons. The second-order valence-corrected chi connectivity index (χ2v) is 5.28. The van der Waals surface area contributed by atoms with Gasteiger partial charge in [0, 0.05) is 11.4 Å². The Bertz CT molecular complexity index is 556. The first-order valence-corrected chi connectivity index (χ1v) is 6.79. The average Bonchev–Trinajstić information content (AvgIpc) is 2.83. The first-order valence-electron chi connectivity index (χ1n) is 6.42. The Morgan fingerprint density at radius 1 is 1.35 bits per heavy atom. The van der Waals surface area contributed by atoms with E-state index >= 15 is 0 Å². The molecule has 2 aliphatic heterocycles. The largest absolute Gasteiger partial charge is 0.492 e. The second-order valence-electron chi connectivity index (χ2n) is 4.85. The normalized spacial score (nSPS) is 24.6. The third-order valence-electron chi connectivity index (χ3n) is 3.41. The molecule has 0 spiro atoms. The van der Waals surface area contributed by atoms with E-state index in [0.29, 0.717) is 24.5 Å². The van der Waals surface area contributed by atoms with E-state index in [-0.39, 0.29) is 6.61 Å². The third-order valence-corrected chi connectivity index (χ3v) is 3.64. The van der Waals surface area contributed by atoms with Crippen LogP contribution in [-0.4, -0.2) is 31.3 Å². The Morgan fingerprint density at radius 3 is 2.95 bits per heavy atom. The summed E-state index contributed by atoms with van der Waals surface area (Å²) in [7, 11) is 0. The molecular weight excluding hydrogens is 284 g/mol. The zero-order valence-electron chi connectivity index (χ0n) is 10.6. The average molecular weight is 297 g/mol. The molecule has 0 unspecified atom stereocenters. The van der Waals surface area contributed by atoms with Gasteiger partial charge in [0.2, 0.25) is 6.10 Å². The van der Waals surface area contributed by atoms with Crippen molar-refractivity contribution in [2.24, 2.45) is 5.92 Å². The standard InChI is InChI=1S/C14H13ClO5/c15-10-1-2-11-8(6-10)5-9(7-19-11)13(16)20-12-3-4-18-14(12)17/h1-2,6,9,12H,3-5,7H2/t9-,12-/m0/s1. The van der Waals surface area contributed by atoms with Gasteiger partial charge in [-0.05, 0) is 30.2 Å². The van der Waals surface area contributed by atoms with Gasteiger partial charge in [-0.25, -0.2) is 4.79 Å². The highest BCUT2D eigenvalue weighted by molar-refractivity contribution is 6.30. The lowest BCUT2D eigenvalue weighted by Gasteiger charge is -2.24. The van der Waals surface area contributed by atoms with Gasteiger partial charge in [0.1, 0.15) is 12.4 Å². The molecule has 0 aliphatic carbocycles. The lowest BCUT2D eigenvalue weighted by molar-refractivity contribution is -0.164. The summed E-state index contributed by atoms with van der Waals surface area (Å²) in [4.78, 5) is 23.3. The number of hydrogen-bond acceptors (Lipinski definition) is 5. The molecule has 20 heavy (non-hydrogen) atoms. The van der Waals surface area contributed by atoms with Crippen molar-refractivity contribution >= 4 is 23.5 Å². The molecule has 1 aromatic carbocycles. The summed E-state index contributed by atoms with van der Waals surface area (Å²) in [6.07, 6.45) is 0.139. The van der Waals surface area contributed by atoms with Crippen LogP contribution in [0.15, 0.2) is 18.2 Å². The maximum Gasteiger partial charge on any atom is 0.347 e. The number of cyclic esters (lactones) is 1. The Labute approximate surface area is 120 Å². The number of rotatable bonds is 2. The van der Waals surface area contributed by atoms with Gasteiger partial charge in [-0.2, -0.15) is 0 Å². The molecule has 0 aromatic heterocycles. The maximum absolute atomic E-state index is 12.1. The molecule has 1 saturated heterocycles. The molecule has 2 aliphatic rings. The molecule has 2 heterocycles. The summed E-state index contributed by atoms with van der Waals surface area (Å²) in [6, 6.07) is 5.31. The summed E-state index contributed by atoms with van der Waals surface area (Å²) in [5.41, 5.74) is 0.875. The number of ether oxygens (including phenoxy) is 3. The van der Waals surface area contributed by atoms with Gasteiger partial charge in [-0.15, -0.1) is 0 Å². The van der Waals surface area contributed by atoms with Crippen LogP contribution in [-0.2, 0) is 25.5 Å². The molecule has 0 bridgehead atoms. The molecular formula is C14H13ClO5. The van der Waals surface area contributed by atoms with Crippen molar-refractivity contribution in [2.45, 2.75) is 18.9 Å². The zero-order valence-corrected chi connectivity index (χ0v) is 11.4. The van der Waals surface area contributed by atoms with Gasteiger partial charge in [0.05, 0.1) is 12.5 Å². The quantitative estimate of drug-likeness (QED) is 0.778. The van der Waals surface area contributed by atoms with E-state index in [2.05, 4.69) is 0 Å². The fraction of sp³-hybridized carbons (Fsp3) is 0.429. The first-order chi connectivity index (χ1) is 9.63. The third kappa shape index (κ3) is 2.58. The van der Waals surface area contributed by atoms with Crippen LogP contribution < -0.4 is 4.74 Å². The van der Waals surface area contributed by atoms with Crippen molar-refractivity contribution in [3.05, 3.63) is 28.8 Å². The van der Waals surface area contributed by atoms with Crippen molar-refractivity contribution in [1.29, 1.82) is 0 Å². The van der Waals surface area contributed by atoms with Crippen molar-refractivity contribution in [1.82, 2.24) is 0 Å². The number of hydrogen-bond donors (Lipinski definition) is 0. The Balaban J connectivity index is 1.67. The predicted molar refractivity (Wildman–Crippen MR) is 69.6 cm³/mol. The van der Waals surface area contributed by atoms with Gasteiger partial charge in [-0.3, -0.25) is 4.79 Å². The molecule has 2 atom stereocenters. The van der Waals surface area contributed by atoms with Crippen molar-refractivity contribution in [3.8, 4) is 5.75 Å². The van der Waals surface area contributed by atoms with Crippen LogP contribution >= 0.6 is 11.6 Å². The maximum atomic E-state index is 12.1. The van der Waals surface area contributed by atoms with Crippen LogP contribution in [0.1, 0.15) is 12.0 Å². The molecule has 0 saturated carbocycles. The fourth-order valence-corrected chi connectivity index (χ4v) is 2.53. The molecule has 0 N–H and O–H groups in total. The highest BCUT2D eigenvalue weighted by Gasteiger charge is 2.34. The fourth-order valence-electron chi connectivity index (χ4n) is 2.34. The van der Waals surface area contributed by atoms with Crippen LogP contribution in [0.4, 0.5) is 0 Å². The molecule has 6 heteroatoms. The van der Waals surface area contributed by atoms with Crippen molar-refractivity contribution < 1.29 is 23.8 Å². The van der Waals surface area contributed by atoms with Gasteiger partial charge in [-0.1, -0.05) is 11.6 Å². The second kappa shape index (κ2) is 5.32. The van der Waals surface area contributed by atoms with E-state index in [1.54, 1.807) is 18.2 Å². The van der Waals surface area contributed by atoms with Crippen LogP contribution in [0.25, 0.3) is 0 Å². The monoisotopic (exact) mass is 296 g/mol. The predicted octanol–water partition coefficient (Wildman–Crippen LogP) is 1.75. The van der Waals surface area contributed by atoms with Crippen molar-refractivity contribution in [3.63, 3.8) is 0 Å². The Kier molecular flexibility index (Phi) is 3.53. The van der Waals surface area contributed by atoms with E-state index in [4.69, 9.17) is 25.8 Å². The Morgan fingerprint density at radius 2 is 2.20 bits per heavy atom. The minimum Gasteiger partial charge on any atom is -0.492 e. The molecule has 1 fully saturated rings. The summed E-state index contributed by atoms with van der Waals surface area (Å²) in [5.74, 6) is -0.592. The smallest absolute Gasteiger partial charge is 0.347 e. The first kappa shape index (κ1) is 13.2. The number of carbonyl (C=O) groups is 2. The van der Waals surface area contributed by atoms with Crippen LogP contribution in [0.3, 0.4) is 0 Å².